The summed E-state index contributed by atoms with van der Waals surface area (Å²) in [6.07, 6.45) is 0.590. The molecule has 0 aliphatic rings. The highest BCUT2D eigenvalue weighted by molar-refractivity contribution is 6.31. The highest BCUT2D eigenvalue weighted by Gasteiger charge is 2.28. The van der Waals surface area contributed by atoms with Crippen molar-refractivity contribution in [2.24, 2.45) is 0 Å². The molecular weight excluding hydrogens is 513 g/mol. The minimum atomic E-state index is -0.608. The Morgan fingerprint density at radius 2 is 1.67 bits per heavy atom. The summed E-state index contributed by atoms with van der Waals surface area (Å²) in [5.41, 5.74) is 3.32. The molecule has 0 saturated carbocycles. The molecule has 5 aromatic rings. The monoisotopic (exact) mass is 539 g/mol. The third-order valence-corrected chi connectivity index (χ3v) is 7.06. The number of aromatic nitrogens is 2. The highest BCUT2D eigenvalue weighted by atomic mass is 35.5. The van der Waals surface area contributed by atoms with Crippen LogP contribution in [0.4, 0.5) is 4.39 Å². The van der Waals surface area contributed by atoms with Crippen LogP contribution >= 0.6 is 11.6 Å². The molecular formula is C32H27ClFN3O2. The first-order valence-electron chi connectivity index (χ1n) is 12.7. The topological polar surface area (TPSA) is 55.2 Å². The molecule has 0 bridgehead atoms. The van der Waals surface area contributed by atoms with Gasteiger partial charge in [0, 0.05) is 17.1 Å². The number of rotatable bonds is 7. The van der Waals surface area contributed by atoms with Crippen LogP contribution in [0, 0.1) is 12.7 Å². The molecule has 1 heterocycles. The Kier molecular flexibility index (Phi) is 7.57. The van der Waals surface area contributed by atoms with Crippen molar-refractivity contribution in [2.75, 3.05) is 6.54 Å². The van der Waals surface area contributed by atoms with Gasteiger partial charge in [-0.2, -0.15) is 0 Å². The van der Waals surface area contributed by atoms with Crippen molar-refractivity contribution in [2.45, 2.75) is 26.3 Å². The first-order chi connectivity index (χ1) is 18.8. The Morgan fingerprint density at radius 1 is 0.974 bits per heavy atom. The Morgan fingerprint density at radius 3 is 2.36 bits per heavy atom. The predicted octanol–water partition coefficient (Wildman–Crippen LogP) is 6.93. The molecule has 0 N–H and O–H groups in total. The number of carbonyl (C=O) groups excluding carboxylic acids is 1. The lowest BCUT2D eigenvalue weighted by molar-refractivity contribution is 0.0683. The summed E-state index contributed by atoms with van der Waals surface area (Å²) < 4.78 is 15.2. The molecule has 5 nitrogen and oxygen atoms in total. The summed E-state index contributed by atoms with van der Waals surface area (Å²) in [5.74, 6) is -0.298. The summed E-state index contributed by atoms with van der Waals surface area (Å²) >= 11 is 6.26. The second kappa shape index (κ2) is 11.2. The number of hydrogen-bond donors (Lipinski definition) is 0. The molecule has 1 aromatic heterocycles. The van der Waals surface area contributed by atoms with Crippen LogP contribution in [0.1, 0.15) is 40.3 Å². The SMILES string of the molecule is Cc1ccc(-n2c(C(C)N(CCc3ccccc3)C(=O)c3ccc(F)cc3)nc3cc(Cl)ccc3c2=O)cc1. The highest BCUT2D eigenvalue weighted by Crippen LogP contribution is 2.26. The van der Waals surface area contributed by atoms with Crippen molar-refractivity contribution in [3.8, 4) is 5.69 Å². The fourth-order valence-electron chi connectivity index (χ4n) is 4.66. The van der Waals surface area contributed by atoms with Crippen molar-refractivity contribution < 1.29 is 9.18 Å². The third kappa shape index (κ3) is 5.61. The molecule has 39 heavy (non-hydrogen) atoms. The van der Waals surface area contributed by atoms with Gasteiger partial charge in [-0.1, -0.05) is 59.6 Å². The summed E-state index contributed by atoms with van der Waals surface area (Å²) in [6.45, 7) is 4.19. The normalized spacial score (nSPS) is 11.9. The molecule has 5 rings (SSSR count). The van der Waals surface area contributed by atoms with Gasteiger partial charge in [0.05, 0.1) is 22.6 Å². The van der Waals surface area contributed by atoms with Crippen LogP contribution in [-0.4, -0.2) is 26.9 Å². The average molecular weight is 540 g/mol. The summed E-state index contributed by atoms with van der Waals surface area (Å²) in [7, 11) is 0. The van der Waals surface area contributed by atoms with E-state index >= 15 is 0 Å². The number of amides is 1. The van der Waals surface area contributed by atoms with Gasteiger partial charge in [0.25, 0.3) is 11.5 Å². The minimum Gasteiger partial charge on any atom is -0.328 e. The molecule has 4 aromatic carbocycles. The Hall–Kier alpha value is -4.29. The maximum atomic E-state index is 13.9. The van der Waals surface area contributed by atoms with Crippen molar-refractivity contribution in [3.05, 3.63) is 141 Å². The Bertz CT molecular complexity index is 1680. The zero-order valence-corrected chi connectivity index (χ0v) is 22.4. The van der Waals surface area contributed by atoms with E-state index in [-0.39, 0.29) is 11.5 Å². The number of carbonyl (C=O) groups is 1. The molecule has 1 atom stereocenters. The van der Waals surface area contributed by atoms with E-state index in [1.54, 1.807) is 27.7 Å². The zero-order valence-electron chi connectivity index (χ0n) is 21.6. The summed E-state index contributed by atoms with van der Waals surface area (Å²) in [5, 5.41) is 0.890. The lowest BCUT2D eigenvalue weighted by Gasteiger charge is -2.31. The van der Waals surface area contributed by atoms with E-state index < -0.39 is 11.9 Å². The molecule has 0 aliphatic heterocycles. The Labute approximate surface area is 231 Å². The summed E-state index contributed by atoms with van der Waals surface area (Å²) in [6, 6.07) is 27.3. The number of hydrogen-bond acceptors (Lipinski definition) is 3. The number of nitrogens with zero attached hydrogens (tertiary/aromatic N) is 3. The maximum absolute atomic E-state index is 13.9. The van der Waals surface area contributed by atoms with E-state index in [1.807, 2.05) is 68.4 Å². The van der Waals surface area contributed by atoms with E-state index in [4.69, 9.17) is 16.6 Å². The second-order valence-corrected chi connectivity index (χ2v) is 9.96. The fourth-order valence-corrected chi connectivity index (χ4v) is 4.83. The van der Waals surface area contributed by atoms with Gasteiger partial charge >= 0.3 is 0 Å². The number of aryl methyl sites for hydroxylation is 1. The quantitative estimate of drug-likeness (QED) is 0.225. The largest absolute Gasteiger partial charge is 0.328 e. The van der Waals surface area contributed by atoms with Gasteiger partial charge in [-0.15, -0.1) is 0 Å². The van der Waals surface area contributed by atoms with Crippen LogP contribution in [0.25, 0.3) is 16.6 Å². The van der Waals surface area contributed by atoms with Gasteiger partial charge < -0.3 is 4.90 Å². The molecule has 7 heteroatoms. The molecule has 1 unspecified atom stereocenters. The molecule has 0 aliphatic carbocycles. The van der Waals surface area contributed by atoms with Crippen LogP contribution in [0.3, 0.4) is 0 Å². The number of fused-ring (bicyclic) bond motifs is 1. The van der Waals surface area contributed by atoms with Crippen LogP contribution in [0.5, 0.6) is 0 Å². The fraction of sp³-hybridized carbons (Fsp3) is 0.156. The smallest absolute Gasteiger partial charge is 0.266 e. The zero-order chi connectivity index (χ0) is 27.5. The second-order valence-electron chi connectivity index (χ2n) is 9.52. The van der Waals surface area contributed by atoms with E-state index in [0.29, 0.717) is 46.0 Å². The van der Waals surface area contributed by atoms with Gasteiger partial charge in [0.15, 0.2) is 0 Å². The van der Waals surface area contributed by atoms with Gasteiger partial charge in [-0.3, -0.25) is 14.2 Å². The van der Waals surface area contributed by atoms with Crippen molar-refractivity contribution in [1.82, 2.24) is 14.5 Å². The number of benzene rings is 4. The molecule has 196 valence electrons. The number of halogens is 2. The van der Waals surface area contributed by atoms with Crippen LogP contribution in [0.2, 0.25) is 5.02 Å². The minimum absolute atomic E-state index is 0.250. The first kappa shape index (κ1) is 26.3. The Balaban J connectivity index is 1.66. The molecule has 1 amide bonds. The van der Waals surface area contributed by atoms with Gasteiger partial charge in [-0.05, 0) is 80.4 Å². The van der Waals surface area contributed by atoms with E-state index in [2.05, 4.69) is 0 Å². The maximum Gasteiger partial charge on any atom is 0.266 e. The lowest BCUT2D eigenvalue weighted by atomic mass is 10.1. The van der Waals surface area contributed by atoms with Gasteiger partial charge in [-0.25, -0.2) is 9.37 Å². The van der Waals surface area contributed by atoms with E-state index in [1.165, 1.54) is 24.3 Å². The van der Waals surface area contributed by atoms with E-state index in [0.717, 1.165) is 11.1 Å². The van der Waals surface area contributed by atoms with Crippen molar-refractivity contribution in [1.29, 1.82) is 0 Å². The predicted molar refractivity (Wildman–Crippen MR) is 153 cm³/mol. The van der Waals surface area contributed by atoms with Crippen molar-refractivity contribution in [3.63, 3.8) is 0 Å². The van der Waals surface area contributed by atoms with E-state index in [9.17, 15) is 14.0 Å². The first-order valence-corrected chi connectivity index (χ1v) is 13.1. The van der Waals surface area contributed by atoms with Crippen LogP contribution < -0.4 is 5.56 Å². The molecule has 0 saturated heterocycles. The lowest BCUT2D eigenvalue weighted by Crippen LogP contribution is -2.38. The standard InChI is InChI=1S/C32H27ClFN3O2/c1-21-8-15-27(16-9-21)37-30(35-29-20-25(33)12-17-28(29)32(37)39)22(2)36(19-18-23-6-4-3-5-7-23)31(38)24-10-13-26(34)14-11-24/h3-17,20,22H,18-19H2,1-2H3. The molecule has 0 fully saturated rings. The van der Waals surface area contributed by atoms with Crippen molar-refractivity contribution >= 4 is 28.4 Å². The van der Waals surface area contributed by atoms with Gasteiger partial charge in [0.1, 0.15) is 11.6 Å². The molecule has 0 radical (unpaired) electrons. The van der Waals surface area contributed by atoms with Crippen LogP contribution in [-0.2, 0) is 6.42 Å². The average Bonchev–Trinajstić information content (AvgIpc) is 2.94. The van der Waals surface area contributed by atoms with Gasteiger partial charge in [0.2, 0.25) is 0 Å². The third-order valence-electron chi connectivity index (χ3n) is 6.83. The summed E-state index contributed by atoms with van der Waals surface area (Å²) in [4.78, 5) is 34.3. The van der Waals surface area contributed by atoms with Crippen LogP contribution in [0.15, 0.2) is 102 Å². The molecule has 0 spiro atoms.